The van der Waals surface area contributed by atoms with Crippen molar-refractivity contribution in [3.8, 4) is 48.8 Å². The normalized spacial score (nSPS) is 12.8. The molecule has 0 aromatic carbocycles. The molecule has 0 spiro atoms. The van der Waals surface area contributed by atoms with Gasteiger partial charge in [0, 0.05) is 39.0 Å². The molecule has 0 bridgehead atoms. The Morgan fingerprint density at radius 3 is 0.970 bits per heavy atom. The summed E-state index contributed by atoms with van der Waals surface area (Å²) in [5, 5.41) is 0. The van der Waals surface area contributed by atoms with E-state index in [-0.39, 0.29) is 32.4 Å². The van der Waals surface area contributed by atoms with Crippen LogP contribution in [0.15, 0.2) is 58.3 Å². The van der Waals surface area contributed by atoms with E-state index in [9.17, 15) is 16.8 Å². The van der Waals surface area contributed by atoms with Crippen LogP contribution in [-0.4, -0.2) is 28.3 Å². The first-order valence-electron chi connectivity index (χ1n) is 22.5. The van der Waals surface area contributed by atoms with Crippen LogP contribution in [0.25, 0.3) is 48.8 Å². The summed E-state index contributed by atoms with van der Waals surface area (Å²) in [5.41, 5.74) is -3.37. The molecular weight excluding hydrogens is 1010 g/mol. The zero-order valence-electron chi connectivity index (χ0n) is 37.5. The summed E-state index contributed by atoms with van der Waals surface area (Å²) in [6, 6.07) is 13.9. The molecule has 362 valence electrons. The lowest BCUT2D eigenvalue weighted by Crippen LogP contribution is -2.17. The summed E-state index contributed by atoms with van der Waals surface area (Å²) < 4.78 is 153. The first-order chi connectivity index (χ1) is 31.3. The summed E-state index contributed by atoms with van der Waals surface area (Å²) >= 11 is 5.73. The third-order valence-corrected chi connectivity index (χ3v) is 22.7. The van der Waals surface area contributed by atoms with Gasteiger partial charge in [0.2, 0.25) is 0 Å². The summed E-state index contributed by atoms with van der Waals surface area (Å²) in [7, 11) is -9.53. The number of hydrogen-bond acceptors (Lipinski definition) is 10. The molecule has 0 amide bonds. The van der Waals surface area contributed by atoms with E-state index in [1.165, 1.54) is 34.8 Å². The van der Waals surface area contributed by atoms with Gasteiger partial charge in [0.15, 0.2) is 19.7 Å². The molecule has 0 aliphatic rings. The van der Waals surface area contributed by atoms with Crippen LogP contribution in [0.4, 0.5) is 26.3 Å². The van der Waals surface area contributed by atoms with Crippen LogP contribution in [0.1, 0.15) is 137 Å². The van der Waals surface area contributed by atoms with Gasteiger partial charge in [-0.1, -0.05) is 104 Å². The average Bonchev–Trinajstić information content (AvgIpc) is 4.09. The maximum atomic E-state index is 15.9. The van der Waals surface area contributed by atoms with Crippen molar-refractivity contribution in [2.24, 2.45) is 0 Å². The SMILES string of the molecule is CCCCCCCCCCS(=O)(=O)c1c(-c2ccc(-c3ccc(C)s3)s2)sc(-c2sc(-c3ccc(-c4ccc(C)s4)s3)c(S(=O)(=O)CCCCCCCCCC)c2C(F)(F)F)c1C(F)(F)F. The van der Waals surface area contributed by atoms with Crippen LogP contribution < -0.4 is 0 Å². The Morgan fingerprint density at radius 2 is 0.667 bits per heavy atom. The number of aryl methyl sites for hydroxylation is 2. The molecule has 0 aliphatic heterocycles. The number of halogens is 6. The Morgan fingerprint density at radius 1 is 0.379 bits per heavy atom. The van der Waals surface area contributed by atoms with Crippen molar-refractivity contribution in [2.75, 3.05) is 11.5 Å². The highest BCUT2D eigenvalue weighted by Gasteiger charge is 2.49. The monoisotopic (exact) mass is 1070 g/mol. The van der Waals surface area contributed by atoms with E-state index in [1.807, 2.05) is 38.1 Å². The molecule has 0 radical (unpaired) electrons. The van der Waals surface area contributed by atoms with Gasteiger partial charge in [-0.15, -0.1) is 68.0 Å². The topological polar surface area (TPSA) is 68.3 Å². The predicted molar refractivity (Wildman–Crippen MR) is 270 cm³/mol. The van der Waals surface area contributed by atoms with E-state index in [2.05, 4.69) is 13.8 Å². The summed E-state index contributed by atoms with van der Waals surface area (Å²) in [6.45, 7) is 7.99. The third-order valence-electron chi connectivity index (χ3n) is 11.3. The Labute approximate surface area is 410 Å². The molecule has 66 heavy (non-hydrogen) atoms. The Balaban J connectivity index is 1.54. The molecule has 0 saturated heterocycles. The lowest BCUT2D eigenvalue weighted by Gasteiger charge is -2.15. The van der Waals surface area contributed by atoms with E-state index >= 15 is 26.3 Å². The molecule has 6 rings (SSSR count). The number of rotatable bonds is 25. The Hall–Kier alpha value is -2.32. The van der Waals surface area contributed by atoms with Crippen molar-refractivity contribution in [1.29, 1.82) is 0 Å². The number of alkyl halides is 6. The standard InChI is InChI=1S/C48H56F6O4S8/c1-5-7-9-11-13-15-17-19-29-65(55,56)45-39(47(49,50)51)43(63-41(45)37-27-25-35(61-37)33-23-21-31(3)59-33)44-40(48(52,53)54)46(66(57,58)30-20-18-16-14-12-10-8-6-2)42(64-44)38-28-26-36(62-38)34-24-22-32(4)60-34/h21-28H,5-20,29-30H2,1-4H3. The van der Waals surface area contributed by atoms with E-state index in [1.54, 1.807) is 12.1 Å². The minimum atomic E-state index is -5.44. The summed E-state index contributed by atoms with van der Waals surface area (Å²) in [5.74, 6) is -1.26. The van der Waals surface area contributed by atoms with Gasteiger partial charge in [0.05, 0.1) is 51.9 Å². The first-order valence-corrected chi connectivity index (χ1v) is 30.7. The fourth-order valence-electron chi connectivity index (χ4n) is 7.96. The zero-order valence-corrected chi connectivity index (χ0v) is 44.0. The van der Waals surface area contributed by atoms with Crippen LogP contribution in [0.2, 0.25) is 0 Å². The largest absolute Gasteiger partial charge is 0.419 e. The number of unbranched alkanes of at least 4 members (excludes halogenated alkanes) is 14. The van der Waals surface area contributed by atoms with Gasteiger partial charge in [-0.05, 0) is 75.2 Å². The smallest absolute Gasteiger partial charge is 0.224 e. The van der Waals surface area contributed by atoms with Crippen molar-refractivity contribution >= 4 is 87.7 Å². The van der Waals surface area contributed by atoms with Crippen molar-refractivity contribution in [1.82, 2.24) is 0 Å². The second-order valence-electron chi connectivity index (χ2n) is 16.7. The van der Waals surface area contributed by atoms with E-state index in [0.717, 1.165) is 106 Å². The Bertz CT molecular complexity index is 2550. The number of hydrogen-bond donors (Lipinski definition) is 0. The highest BCUT2D eigenvalue weighted by Crippen LogP contribution is 2.60. The second-order valence-corrected chi connectivity index (χ2v) is 27.5. The van der Waals surface area contributed by atoms with Crippen molar-refractivity contribution in [3.63, 3.8) is 0 Å². The molecule has 0 N–H and O–H groups in total. The summed E-state index contributed by atoms with van der Waals surface area (Å²) in [4.78, 5) is 0.612. The predicted octanol–water partition coefficient (Wildman–Crippen LogP) is 18.9. The maximum absolute atomic E-state index is 15.9. The highest BCUT2D eigenvalue weighted by molar-refractivity contribution is 7.92. The molecule has 0 atom stereocenters. The van der Waals surface area contributed by atoms with E-state index < -0.39 is 74.2 Å². The average molecular weight is 1070 g/mol. The zero-order chi connectivity index (χ0) is 47.9. The van der Waals surface area contributed by atoms with E-state index in [4.69, 9.17) is 0 Å². The first kappa shape index (κ1) is 53.0. The molecule has 0 saturated carbocycles. The van der Waals surface area contributed by atoms with Gasteiger partial charge in [-0.25, -0.2) is 16.8 Å². The number of sulfone groups is 2. The summed E-state index contributed by atoms with van der Waals surface area (Å²) in [6.07, 6.45) is 1.55. The van der Waals surface area contributed by atoms with Gasteiger partial charge in [0.1, 0.15) is 0 Å². The third kappa shape index (κ3) is 13.1. The quantitative estimate of drug-likeness (QED) is 0.0423. The van der Waals surface area contributed by atoms with Gasteiger partial charge in [0.25, 0.3) is 0 Å². The van der Waals surface area contributed by atoms with Crippen LogP contribution in [-0.2, 0) is 32.0 Å². The lowest BCUT2D eigenvalue weighted by molar-refractivity contribution is -0.141. The van der Waals surface area contributed by atoms with Crippen LogP contribution in [0, 0.1) is 13.8 Å². The second kappa shape index (κ2) is 23.1. The molecule has 6 aromatic heterocycles. The van der Waals surface area contributed by atoms with Crippen molar-refractivity contribution in [3.05, 3.63) is 69.4 Å². The van der Waals surface area contributed by atoms with Crippen LogP contribution in [0.3, 0.4) is 0 Å². The fraction of sp³-hybridized carbons (Fsp3) is 0.500. The molecule has 0 fully saturated rings. The van der Waals surface area contributed by atoms with Crippen LogP contribution >= 0.6 is 68.0 Å². The fourth-order valence-corrected chi connectivity index (χ4v) is 19.4. The molecule has 4 nitrogen and oxygen atoms in total. The van der Waals surface area contributed by atoms with Gasteiger partial charge < -0.3 is 0 Å². The van der Waals surface area contributed by atoms with Crippen molar-refractivity contribution < 1.29 is 43.2 Å². The minimum Gasteiger partial charge on any atom is -0.224 e. The molecule has 6 heterocycles. The van der Waals surface area contributed by atoms with Crippen LogP contribution in [0.5, 0.6) is 0 Å². The molecule has 0 aliphatic carbocycles. The lowest BCUT2D eigenvalue weighted by atomic mass is 10.1. The molecule has 0 unspecified atom stereocenters. The molecule has 6 aromatic rings. The number of thiophene rings is 6. The molecule has 18 heteroatoms. The highest BCUT2D eigenvalue weighted by atomic mass is 32.2. The van der Waals surface area contributed by atoms with Gasteiger partial charge >= 0.3 is 12.4 Å². The van der Waals surface area contributed by atoms with Crippen molar-refractivity contribution in [2.45, 2.75) is 153 Å². The van der Waals surface area contributed by atoms with Gasteiger partial charge in [-0.3, -0.25) is 0 Å². The molecular formula is C48H56F6O4S8. The minimum absolute atomic E-state index is 0.0742. The Kier molecular flexibility index (Phi) is 18.5. The maximum Gasteiger partial charge on any atom is 0.419 e. The van der Waals surface area contributed by atoms with Gasteiger partial charge in [-0.2, -0.15) is 26.3 Å². The van der Waals surface area contributed by atoms with E-state index in [0.29, 0.717) is 58.1 Å².